The summed E-state index contributed by atoms with van der Waals surface area (Å²) in [5.74, 6) is -0.545. The number of ether oxygens (including phenoxy) is 1. The molecule has 1 aliphatic heterocycles. The highest BCUT2D eigenvalue weighted by Crippen LogP contribution is 2.24. The molecule has 1 atom stereocenters. The van der Waals surface area contributed by atoms with Gasteiger partial charge in [-0.25, -0.2) is 4.79 Å². The summed E-state index contributed by atoms with van der Waals surface area (Å²) in [6.45, 7) is 5.80. The lowest BCUT2D eigenvalue weighted by Crippen LogP contribution is -2.53. The van der Waals surface area contributed by atoms with Crippen LogP contribution in [0.1, 0.15) is 33.6 Å². The summed E-state index contributed by atoms with van der Waals surface area (Å²) in [4.78, 5) is 13.1. The average molecular weight is 267 g/mol. The highest BCUT2D eigenvalue weighted by molar-refractivity contribution is 7.86. The van der Waals surface area contributed by atoms with Crippen molar-refractivity contribution in [2.24, 2.45) is 0 Å². The molecule has 17 heavy (non-hydrogen) atoms. The lowest BCUT2D eigenvalue weighted by atomic mass is 10.0. The Balaban J connectivity index is 2.43. The number of halogens is 1. The molecule has 0 aromatic rings. The molecule has 1 saturated heterocycles. The Bertz CT molecular complexity index is 388. The van der Waals surface area contributed by atoms with E-state index in [1.165, 1.54) is 4.90 Å². The van der Waals surface area contributed by atoms with Gasteiger partial charge in [0.1, 0.15) is 5.60 Å². The van der Waals surface area contributed by atoms with Crippen molar-refractivity contribution in [1.29, 1.82) is 0 Å². The van der Waals surface area contributed by atoms with Crippen LogP contribution in [0, 0.1) is 0 Å². The third-order valence-electron chi connectivity index (χ3n) is 2.47. The topological polar surface area (TPSA) is 63.7 Å². The predicted molar refractivity (Wildman–Crippen MR) is 60.9 cm³/mol. The molecule has 0 aromatic carbocycles. The summed E-state index contributed by atoms with van der Waals surface area (Å²) in [5, 5.41) is 0. The number of hydrogen-bond donors (Lipinski definition) is 0. The molecule has 1 heterocycles. The quantitative estimate of drug-likeness (QED) is 0.730. The van der Waals surface area contributed by atoms with Crippen LogP contribution in [-0.2, 0) is 15.0 Å². The average Bonchev–Trinajstić information content (AvgIpc) is 1.94. The van der Waals surface area contributed by atoms with Crippen molar-refractivity contribution >= 4 is 16.3 Å². The highest BCUT2D eigenvalue weighted by atomic mass is 32.3. The van der Waals surface area contributed by atoms with E-state index in [-0.39, 0.29) is 12.5 Å². The molecule has 1 fully saturated rings. The molecule has 1 rings (SSSR count). The molecule has 1 aliphatic rings. The lowest BCUT2D eigenvalue weighted by Gasteiger charge is -2.41. The third kappa shape index (κ3) is 4.89. The fourth-order valence-corrected chi connectivity index (χ4v) is 2.13. The second-order valence-corrected chi connectivity index (χ2v) is 6.63. The first kappa shape index (κ1) is 14.2. The van der Waals surface area contributed by atoms with Crippen LogP contribution in [0.25, 0.3) is 0 Å². The van der Waals surface area contributed by atoms with Gasteiger partial charge in [-0.2, -0.15) is 8.42 Å². The fraction of sp³-hybridized carbons (Fsp3) is 0.900. The number of hydrogen-bond acceptors (Lipinski definition) is 4. The van der Waals surface area contributed by atoms with Crippen molar-refractivity contribution in [3.05, 3.63) is 0 Å². The summed E-state index contributed by atoms with van der Waals surface area (Å²) in [5.41, 5.74) is -0.580. The molecule has 7 heteroatoms. The minimum Gasteiger partial charge on any atom is -0.444 e. The predicted octanol–water partition coefficient (Wildman–Crippen LogP) is 1.69. The molecule has 0 radical (unpaired) electrons. The Kier molecular flexibility index (Phi) is 4.01. The van der Waals surface area contributed by atoms with Crippen molar-refractivity contribution in [2.75, 3.05) is 12.3 Å². The first-order valence-electron chi connectivity index (χ1n) is 5.50. The second-order valence-electron chi connectivity index (χ2n) is 5.15. The number of nitrogens with zero attached hydrogens (tertiary/aromatic N) is 1. The zero-order chi connectivity index (χ0) is 13.3. The highest BCUT2D eigenvalue weighted by Gasteiger charge is 2.35. The zero-order valence-corrected chi connectivity index (χ0v) is 11.1. The molecule has 0 aromatic heterocycles. The van der Waals surface area contributed by atoms with Crippen molar-refractivity contribution in [3.8, 4) is 0 Å². The van der Waals surface area contributed by atoms with Gasteiger partial charge in [0.25, 0.3) is 0 Å². The number of likely N-dealkylation sites (tertiary alicyclic amines) is 1. The SMILES string of the molecule is CC(C)(C)OC(=O)N1CCC1CCS(=O)(=O)F. The van der Waals surface area contributed by atoms with Crippen molar-refractivity contribution in [2.45, 2.75) is 45.3 Å². The molecule has 1 unspecified atom stereocenters. The van der Waals surface area contributed by atoms with Gasteiger partial charge >= 0.3 is 16.3 Å². The van der Waals surface area contributed by atoms with E-state index in [9.17, 15) is 17.1 Å². The van der Waals surface area contributed by atoms with Crippen molar-refractivity contribution in [1.82, 2.24) is 4.90 Å². The Hall–Kier alpha value is -0.850. The van der Waals surface area contributed by atoms with Gasteiger partial charge in [-0.05, 0) is 33.6 Å². The van der Waals surface area contributed by atoms with E-state index in [0.29, 0.717) is 13.0 Å². The van der Waals surface area contributed by atoms with Gasteiger partial charge in [-0.1, -0.05) is 0 Å². The number of carbonyl (C=O) groups is 1. The van der Waals surface area contributed by atoms with Crippen LogP contribution in [0.3, 0.4) is 0 Å². The Morgan fingerprint density at radius 3 is 2.41 bits per heavy atom. The monoisotopic (exact) mass is 267 g/mol. The van der Waals surface area contributed by atoms with E-state index in [2.05, 4.69) is 0 Å². The maximum atomic E-state index is 12.3. The van der Waals surface area contributed by atoms with Gasteiger partial charge in [0.05, 0.1) is 5.75 Å². The van der Waals surface area contributed by atoms with Gasteiger partial charge in [0.2, 0.25) is 0 Å². The van der Waals surface area contributed by atoms with E-state index in [4.69, 9.17) is 4.74 Å². The Labute approximate surface area is 101 Å². The number of rotatable bonds is 3. The van der Waals surface area contributed by atoms with E-state index in [1.54, 1.807) is 20.8 Å². The normalized spacial score (nSPS) is 20.9. The van der Waals surface area contributed by atoms with E-state index >= 15 is 0 Å². The van der Waals surface area contributed by atoms with Gasteiger partial charge < -0.3 is 9.64 Å². The first-order valence-corrected chi connectivity index (χ1v) is 7.06. The van der Waals surface area contributed by atoms with Crippen molar-refractivity contribution in [3.63, 3.8) is 0 Å². The smallest absolute Gasteiger partial charge is 0.410 e. The van der Waals surface area contributed by atoms with Gasteiger partial charge in [-0.3, -0.25) is 0 Å². The maximum Gasteiger partial charge on any atom is 0.410 e. The minimum atomic E-state index is -4.46. The van der Waals surface area contributed by atoms with Crippen LogP contribution in [0.2, 0.25) is 0 Å². The molecular weight excluding hydrogens is 249 g/mol. The summed E-state index contributed by atoms with van der Waals surface area (Å²) < 4.78 is 38.3. The summed E-state index contributed by atoms with van der Waals surface area (Å²) in [6, 6.07) is -0.227. The lowest BCUT2D eigenvalue weighted by molar-refractivity contribution is -0.00566. The molecular formula is C10H18FNO4S. The van der Waals surface area contributed by atoms with Crippen LogP contribution in [0.5, 0.6) is 0 Å². The minimum absolute atomic E-state index is 0.123. The standard InChI is InChI=1S/C10H18FNO4S/c1-10(2,3)16-9(13)12-6-4-8(12)5-7-17(11,14)15/h8H,4-7H2,1-3H3. The molecule has 0 aliphatic carbocycles. The fourth-order valence-electron chi connectivity index (χ4n) is 1.58. The van der Waals surface area contributed by atoms with Crippen LogP contribution in [0.15, 0.2) is 0 Å². The summed E-state index contributed by atoms with van der Waals surface area (Å²) in [7, 11) is -4.46. The first-order chi connectivity index (χ1) is 7.58. The molecule has 100 valence electrons. The van der Waals surface area contributed by atoms with Crippen LogP contribution in [-0.4, -0.2) is 43.4 Å². The Morgan fingerprint density at radius 2 is 2.06 bits per heavy atom. The number of amides is 1. The van der Waals surface area contributed by atoms with Crippen LogP contribution in [0.4, 0.5) is 8.68 Å². The molecule has 0 bridgehead atoms. The van der Waals surface area contributed by atoms with Crippen LogP contribution < -0.4 is 0 Å². The summed E-state index contributed by atoms with van der Waals surface area (Å²) >= 11 is 0. The van der Waals surface area contributed by atoms with Crippen LogP contribution >= 0.6 is 0 Å². The molecule has 5 nitrogen and oxygen atoms in total. The van der Waals surface area contributed by atoms with Gasteiger partial charge in [-0.15, -0.1) is 3.89 Å². The third-order valence-corrected chi connectivity index (χ3v) is 3.19. The van der Waals surface area contributed by atoms with E-state index < -0.39 is 27.7 Å². The van der Waals surface area contributed by atoms with E-state index in [1.807, 2.05) is 0 Å². The van der Waals surface area contributed by atoms with Crippen molar-refractivity contribution < 1.29 is 21.8 Å². The molecule has 0 saturated carbocycles. The largest absolute Gasteiger partial charge is 0.444 e. The number of carbonyl (C=O) groups excluding carboxylic acids is 1. The van der Waals surface area contributed by atoms with Gasteiger partial charge in [0, 0.05) is 12.6 Å². The van der Waals surface area contributed by atoms with Gasteiger partial charge in [0.15, 0.2) is 0 Å². The zero-order valence-electron chi connectivity index (χ0n) is 10.3. The molecule has 1 amide bonds. The Morgan fingerprint density at radius 1 is 1.47 bits per heavy atom. The molecule has 0 spiro atoms. The summed E-state index contributed by atoms with van der Waals surface area (Å²) in [6.07, 6.45) is 0.345. The van der Waals surface area contributed by atoms with E-state index in [0.717, 1.165) is 0 Å². The second kappa shape index (κ2) is 4.80. The maximum absolute atomic E-state index is 12.3. The molecule has 0 N–H and O–H groups in total.